The maximum Gasteiger partial charge on any atom is 0.223 e. The summed E-state index contributed by atoms with van der Waals surface area (Å²) in [5, 5.41) is 6.74. The summed E-state index contributed by atoms with van der Waals surface area (Å²) in [5.41, 5.74) is 0. The fourth-order valence-corrected chi connectivity index (χ4v) is 3.07. The highest BCUT2D eigenvalue weighted by molar-refractivity contribution is 5.81. The van der Waals surface area contributed by atoms with Crippen LogP contribution in [0.5, 0.6) is 0 Å². The minimum absolute atomic E-state index is 0.120. The van der Waals surface area contributed by atoms with Gasteiger partial charge in [-0.15, -0.1) is 0 Å². The Morgan fingerprint density at radius 3 is 2.57 bits per heavy atom. The highest BCUT2D eigenvalue weighted by Crippen LogP contribution is 2.27. The van der Waals surface area contributed by atoms with Crippen molar-refractivity contribution in [3.63, 3.8) is 0 Å². The second-order valence-corrected chi connectivity index (χ2v) is 6.93. The van der Waals surface area contributed by atoms with Crippen molar-refractivity contribution in [1.29, 1.82) is 0 Å². The molecule has 5 nitrogen and oxygen atoms in total. The molecule has 1 rings (SSSR count). The Bertz CT molecular complexity index is 362. The molecule has 5 heteroatoms. The van der Waals surface area contributed by atoms with E-state index in [1.165, 1.54) is 44.9 Å². The first kappa shape index (κ1) is 19.8. The van der Waals surface area contributed by atoms with Crippen molar-refractivity contribution in [2.24, 2.45) is 10.9 Å². The zero-order chi connectivity index (χ0) is 17.1. The Balaban J connectivity index is 2.33. The molecule has 1 saturated carbocycles. The Hall–Kier alpha value is -1.26. The molecular formula is C18H36N4O. The van der Waals surface area contributed by atoms with Gasteiger partial charge in [-0.25, -0.2) is 0 Å². The number of rotatable bonds is 8. The maximum atomic E-state index is 11.6. The van der Waals surface area contributed by atoms with Crippen LogP contribution in [0.3, 0.4) is 0 Å². The molecule has 134 valence electrons. The molecule has 23 heavy (non-hydrogen) atoms. The average Bonchev–Trinajstić information content (AvgIpc) is 2.54. The molecule has 0 aromatic carbocycles. The number of hydrogen-bond donors (Lipinski definition) is 2. The number of carbonyl (C=O) groups is 1. The summed E-state index contributed by atoms with van der Waals surface area (Å²) in [6.45, 7) is 5.65. The van der Waals surface area contributed by atoms with Crippen LogP contribution in [0.4, 0.5) is 0 Å². The summed E-state index contributed by atoms with van der Waals surface area (Å²) in [4.78, 5) is 17.7. The third kappa shape index (κ3) is 8.82. The van der Waals surface area contributed by atoms with Crippen LogP contribution < -0.4 is 10.6 Å². The van der Waals surface area contributed by atoms with Crippen LogP contribution in [0, 0.1) is 5.92 Å². The number of hydrogen-bond acceptors (Lipinski definition) is 2. The zero-order valence-electron chi connectivity index (χ0n) is 15.5. The van der Waals surface area contributed by atoms with Crippen molar-refractivity contribution in [2.45, 2.75) is 71.3 Å². The highest BCUT2D eigenvalue weighted by atomic mass is 16.2. The van der Waals surface area contributed by atoms with E-state index in [0.717, 1.165) is 18.4 Å². The number of nitrogens with one attached hydrogen (secondary N) is 2. The fraction of sp³-hybridized carbons (Fsp3) is 0.889. The van der Waals surface area contributed by atoms with E-state index in [9.17, 15) is 4.79 Å². The van der Waals surface area contributed by atoms with Gasteiger partial charge in [-0.1, -0.05) is 32.1 Å². The molecule has 0 radical (unpaired) electrons. The van der Waals surface area contributed by atoms with Crippen molar-refractivity contribution in [3.8, 4) is 0 Å². The Labute approximate surface area is 142 Å². The Morgan fingerprint density at radius 2 is 1.96 bits per heavy atom. The normalized spacial score (nSPS) is 17.7. The summed E-state index contributed by atoms with van der Waals surface area (Å²) >= 11 is 0. The minimum Gasteiger partial charge on any atom is -0.357 e. The molecule has 2 N–H and O–H groups in total. The molecule has 0 heterocycles. The van der Waals surface area contributed by atoms with Gasteiger partial charge in [0.15, 0.2) is 5.96 Å². The number of nitrogens with zero attached hydrogens (tertiary/aromatic N) is 2. The summed E-state index contributed by atoms with van der Waals surface area (Å²) in [7, 11) is 3.56. The van der Waals surface area contributed by atoms with Crippen LogP contribution in [0.25, 0.3) is 0 Å². The lowest BCUT2D eigenvalue weighted by Gasteiger charge is -2.24. The minimum atomic E-state index is 0.120. The van der Waals surface area contributed by atoms with Crippen molar-refractivity contribution in [3.05, 3.63) is 0 Å². The maximum absolute atomic E-state index is 11.6. The molecule has 0 saturated heterocycles. The van der Waals surface area contributed by atoms with Gasteiger partial charge in [0.1, 0.15) is 0 Å². The summed E-state index contributed by atoms with van der Waals surface area (Å²) < 4.78 is 0. The smallest absolute Gasteiger partial charge is 0.223 e. The first-order chi connectivity index (χ1) is 11.0. The van der Waals surface area contributed by atoms with Crippen LogP contribution >= 0.6 is 0 Å². The van der Waals surface area contributed by atoms with Crippen molar-refractivity contribution >= 4 is 11.9 Å². The first-order valence-electron chi connectivity index (χ1n) is 9.28. The quantitative estimate of drug-likeness (QED) is 0.533. The topological polar surface area (TPSA) is 56.7 Å². The van der Waals surface area contributed by atoms with Gasteiger partial charge in [0.2, 0.25) is 5.91 Å². The number of amides is 1. The molecule has 0 aromatic heterocycles. The molecule has 0 aliphatic heterocycles. The van der Waals surface area contributed by atoms with Gasteiger partial charge in [-0.3, -0.25) is 9.79 Å². The number of carbonyl (C=O) groups excluding carboxylic acids is 1. The molecule has 1 aliphatic carbocycles. The van der Waals surface area contributed by atoms with Crippen LogP contribution in [-0.4, -0.2) is 50.0 Å². The Kier molecular flexibility index (Phi) is 9.72. The largest absolute Gasteiger partial charge is 0.357 e. The van der Waals surface area contributed by atoms with Crippen LogP contribution in [-0.2, 0) is 4.79 Å². The predicted molar refractivity (Wildman–Crippen MR) is 97.7 cm³/mol. The summed E-state index contributed by atoms with van der Waals surface area (Å²) in [6, 6.07) is 0.416. The average molecular weight is 325 g/mol. The standard InChI is InChI=1S/C18H36N4O/c1-5-19-18(20-14-13-17(23)22(3)4)21-15(2)11-12-16-9-7-6-8-10-16/h15-16H,5-14H2,1-4H3,(H2,19,20,21). The van der Waals surface area contributed by atoms with Gasteiger partial charge in [-0.2, -0.15) is 0 Å². The lowest BCUT2D eigenvalue weighted by Crippen LogP contribution is -2.42. The first-order valence-corrected chi connectivity index (χ1v) is 9.28. The van der Waals surface area contributed by atoms with E-state index in [1.807, 2.05) is 0 Å². The van der Waals surface area contributed by atoms with E-state index in [2.05, 4.69) is 29.5 Å². The zero-order valence-corrected chi connectivity index (χ0v) is 15.5. The van der Waals surface area contributed by atoms with Gasteiger partial charge < -0.3 is 15.5 Å². The number of guanidine groups is 1. The highest BCUT2D eigenvalue weighted by Gasteiger charge is 2.15. The molecule has 1 amide bonds. The second kappa shape index (κ2) is 11.3. The SMILES string of the molecule is CCNC(=NCCC(=O)N(C)C)NC(C)CCC1CCCCC1. The van der Waals surface area contributed by atoms with Crippen molar-refractivity contribution in [1.82, 2.24) is 15.5 Å². The third-order valence-corrected chi connectivity index (χ3v) is 4.55. The van der Waals surface area contributed by atoms with E-state index >= 15 is 0 Å². The lowest BCUT2D eigenvalue weighted by atomic mass is 9.85. The van der Waals surface area contributed by atoms with E-state index < -0.39 is 0 Å². The van der Waals surface area contributed by atoms with Gasteiger partial charge in [-0.05, 0) is 32.6 Å². The monoisotopic (exact) mass is 324 g/mol. The van der Waals surface area contributed by atoms with Gasteiger partial charge in [0.05, 0.1) is 6.54 Å². The van der Waals surface area contributed by atoms with Crippen LogP contribution in [0.15, 0.2) is 4.99 Å². The van der Waals surface area contributed by atoms with Gasteiger partial charge >= 0.3 is 0 Å². The predicted octanol–water partition coefficient (Wildman–Crippen LogP) is 2.77. The van der Waals surface area contributed by atoms with Crippen LogP contribution in [0.2, 0.25) is 0 Å². The van der Waals surface area contributed by atoms with Crippen LogP contribution in [0.1, 0.15) is 65.2 Å². The summed E-state index contributed by atoms with van der Waals surface area (Å²) in [6.07, 6.45) is 10.0. The molecule has 1 fully saturated rings. The fourth-order valence-electron chi connectivity index (χ4n) is 3.07. The van der Waals surface area contributed by atoms with E-state index in [4.69, 9.17) is 0 Å². The van der Waals surface area contributed by atoms with E-state index in [0.29, 0.717) is 19.0 Å². The van der Waals surface area contributed by atoms with Gasteiger partial charge in [0.25, 0.3) is 0 Å². The molecule has 1 aliphatic rings. The molecule has 0 spiro atoms. The molecule has 0 aromatic rings. The lowest BCUT2D eigenvalue weighted by molar-refractivity contribution is -0.128. The van der Waals surface area contributed by atoms with Crippen molar-refractivity contribution in [2.75, 3.05) is 27.2 Å². The van der Waals surface area contributed by atoms with E-state index in [1.54, 1.807) is 19.0 Å². The summed E-state index contributed by atoms with van der Waals surface area (Å²) in [5.74, 6) is 1.87. The second-order valence-electron chi connectivity index (χ2n) is 6.93. The number of aliphatic imine (C=N–C) groups is 1. The molecule has 1 atom stereocenters. The molecule has 1 unspecified atom stereocenters. The molecular weight excluding hydrogens is 288 g/mol. The van der Waals surface area contributed by atoms with E-state index in [-0.39, 0.29) is 5.91 Å². The third-order valence-electron chi connectivity index (χ3n) is 4.55. The Morgan fingerprint density at radius 1 is 1.26 bits per heavy atom. The molecule has 0 bridgehead atoms. The van der Waals surface area contributed by atoms with Gasteiger partial charge in [0, 0.05) is 33.1 Å². The van der Waals surface area contributed by atoms with Crippen molar-refractivity contribution < 1.29 is 4.79 Å².